The molecule has 0 bridgehead atoms. The fraction of sp³-hybridized carbons (Fsp3) is 0.294. The maximum Gasteiger partial charge on any atom is 0.123 e. The molecule has 0 aliphatic heterocycles. The molecular weight excluding hydrogens is 253 g/mol. The van der Waals surface area contributed by atoms with E-state index in [1.807, 2.05) is 32.0 Å². The molecule has 20 heavy (non-hydrogen) atoms. The maximum absolute atomic E-state index is 13.0. The van der Waals surface area contributed by atoms with Crippen LogP contribution in [0.5, 0.6) is 0 Å². The van der Waals surface area contributed by atoms with Crippen LogP contribution in [0.1, 0.15) is 34.3 Å². The van der Waals surface area contributed by atoms with E-state index in [9.17, 15) is 9.50 Å². The predicted molar refractivity (Wildman–Crippen MR) is 79.1 cm³/mol. The third-order valence-electron chi connectivity index (χ3n) is 3.69. The predicted octanol–water partition coefficient (Wildman–Crippen LogP) is 3.22. The number of benzene rings is 2. The Morgan fingerprint density at radius 2 is 1.75 bits per heavy atom. The Kier molecular flexibility index (Phi) is 4.53. The summed E-state index contributed by atoms with van der Waals surface area (Å²) in [4.78, 5) is 0. The van der Waals surface area contributed by atoms with Gasteiger partial charge in [-0.1, -0.05) is 35.9 Å². The van der Waals surface area contributed by atoms with E-state index in [-0.39, 0.29) is 11.7 Å². The molecule has 0 heterocycles. The lowest BCUT2D eigenvalue weighted by Gasteiger charge is -2.24. The highest BCUT2D eigenvalue weighted by Gasteiger charge is 2.23. The average Bonchev–Trinajstić information content (AvgIpc) is 2.44. The van der Waals surface area contributed by atoms with Crippen molar-refractivity contribution in [3.05, 3.63) is 70.5 Å². The first kappa shape index (κ1) is 14.7. The number of hydrogen-bond acceptors (Lipinski definition) is 2. The van der Waals surface area contributed by atoms with E-state index in [1.165, 1.54) is 12.1 Å². The van der Waals surface area contributed by atoms with Gasteiger partial charge in [0.05, 0.1) is 6.10 Å². The lowest BCUT2D eigenvalue weighted by Crippen LogP contribution is -2.21. The molecule has 0 aliphatic rings. The van der Waals surface area contributed by atoms with E-state index in [4.69, 9.17) is 5.73 Å². The summed E-state index contributed by atoms with van der Waals surface area (Å²) in [5, 5.41) is 10.6. The molecule has 0 aliphatic carbocycles. The second kappa shape index (κ2) is 6.16. The van der Waals surface area contributed by atoms with Crippen molar-refractivity contribution in [2.24, 2.45) is 5.73 Å². The number of aliphatic hydroxyl groups excluding tert-OH is 1. The Hall–Kier alpha value is -1.71. The van der Waals surface area contributed by atoms with E-state index < -0.39 is 6.10 Å². The van der Waals surface area contributed by atoms with Crippen LogP contribution in [-0.2, 0) is 0 Å². The molecule has 2 aromatic rings. The highest BCUT2D eigenvalue weighted by Crippen LogP contribution is 2.32. The van der Waals surface area contributed by atoms with Gasteiger partial charge in [0.15, 0.2) is 0 Å². The van der Waals surface area contributed by atoms with E-state index in [2.05, 4.69) is 0 Å². The maximum atomic E-state index is 13.0. The number of rotatable bonds is 4. The van der Waals surface area contributed by atoms with Crippen LogP contribution in [-0.4, -0.2) is 11.7 Å². The van der Waals surface area contributed by atoms with Crippen LogP contribution in [0.4, 0.5) is 4.39 Å². The lowest BCUT2D eigenvalue weighted by molar-refractivity contribution is 0.146. The van der Waals surface area contributed by atoms with Crippen molar-refractivity contribution < 1.29 is 9.50 Å². The van der Waals surface area contributed by atoms with Gasteiger partial charge in [0, 0.05) is 12.5 Å². The topological polar surface area (TPSA) is 46.2 Å². The molecule has 3 N–H and O–H groups in total. The molecule has 0 amide bonds. The molecule has 2 atom stereocenters. The van der Waals surface area contributed by atoms with E-state index in [0.717, 1.165) is 22.3 Å². The Morgan fingerprint density at radius 1 is 1.10 bits per heavy atom. The summed E-state index contributed by atoms with van der Waals surface area (Å²) >= 11 is 0. The van der Waals surface area contributed by atoms with Crippen molar-refractivity contribution >= 4 is 0 Å². The first-order valence-corrected chi connectivity index (χ1v) is 6.73. The summed E-state index contributed by atoms with van der Waals surface area (Å²) in [6.45, 7) is 4.27. The minimum Gasteiger partial charge on any atom is -0.388 e. The standard InChI is InChI=1S/C17H20FNO/c1-11-3-4-12(2)15(9-11)17(20)16(10-19)13-5-7-14(18)8-6-13/h3-9,16-17,20H,10,19H2,1-2H3. The molecule has 0 saturated heterocycles. The zero-order valence-electron chi connectivity index (χ0n) is 11.8. The van der Waals surface area contributed by atoms with Crippen LogP contribution in [0.15, 0.2) is 42.5 Å². The van der Waals surface area contributed by atoms with Crippen molar-refractivity contribution in [3.8, 4) is 0 Å². The molecular formula is C17H20FNO. The first-order valence-electron chi connectivity index (χ1n) is 6.73. The van der Waals surface area contributed by atoms with Crippen LogP contribution in [0.25, 0.3) is 0 Å². The van der Waals surface area contributed by atoms with Crippen LogP contribution in [0.3, 0.4) is 0 Å². The van der Waals surface area contributed by atoms with Gasteiger partial charge in [-0.3, -0.25) is 0 Å². The Morgan fingerprint density at radius 3 is 2.35 bits per heavy atom. The highest BCUT2D eigenvalue weighted by atomic mass is 19.1. The number of aliphatic hydroxyl groups is 1. The summed E-state index contributed by atoms with van der Waals surface area (Å²) in [6, 6.07) is 12.1. The van der Waals surface area contributed by atoms with Gasteiger partial charge in [0.2, 0.25) is 0 Å². The molecule has 0 radical (unpaired) electrons. The molecule has 3 heteroatoms. The zero-order chi connectivity index (χ0) is 14.7. The van der Waals surface area contributed by atoms with Gasteiger partial charge in [-0.2, -0.15) is 0 Å². The van der Waals surface area contributed by atoms with E-state index in [0.29, 0.717) is 6.54 Å². The van der Waals surface area contributed by atoms with Crippen molar-refractivity contribution in [1.29, 1.82) is 0 Å². The summed E-state index contributed by atoms with van der Waals surface area (Å²) < 4.78 is 13.0. The van der Waals surface area contributed by atoms with Crippen molar-refractivity contribution in [2.75, 3.05) is 6.54 Å². The smallest absolute Gasteiger partial charge is 0.123 e. The van der Waals surface area contributed by atoms with Crippen LogP contribution in [0.2, 0.25) is 0 Å². The van der Waals surface area contributed by atoms with Crippen LogP contribution in [0, 0.1) is 19.7 Å². The molecule has 0 saturated carbocycles. The molecule has 106 valence electrons. The van der Waals surface area contributed by atoms with Gasteiger partial charge in [0.25, 0.3) is 0 Å². The molecule has 2 rings (SSSR count). The quantitative estimate of drug-likeness (QED) is 0.898. The summed E-state index contributed by atoms with van der Waals surface area (Å²) in [5.74, 6) is -0.526. The third kappa shape index (κ3) is 3.06. The van der Waals surface area contributed by atoms with Crippen molar-refractivity contribution in [1.82, 2.24) is 0 Å². The normalized spacial score (nSPS) is 14.1. The number of nitrogens with two attached hydrogens (primary N) is 1. The SMILES string of the molecule is Cc1ccc(C)c(C(O)C(CN)c2ccc(F)cc2)c1. The highest BCUT2D eigenvalue weighted by molar-refractivity contribution is 5.35. The number of aryl methyl sites for hydroxylation is 2. The molecule has 0 aromatic heterocycles. The van der Waals surface area contributed by atoms with Crippen molar-refractivity contribution in [3.63, 3.8) is 0 Å². The largest absolute Gasteiger partial charge is 0.388 e. The van der Waals surface area contributed by atoms with E-state index >= 15 is 0 Å². The molecule has 2 aromatic carbocycles. The van der Waals surface area contributed by atoms with Crippen molar-refractivity contribution in [2.45, 2.75) is 25.9 Å². The molecule has 0 fully saturated rings. The third-order valence-corrected chi connectivity index (χ3v) is 3.69. The molecule has 0 spiro atoms. The second-order valence-corrected chi connectivity index (χ2v) is 5.20. The average molecular weight is 273 g/mol. The fourth-order valence-electron chi connectivity index (χ4n) is 2.45. The van der Waals surface area contributed by atoms with Gasteiger partial charge in [-0.05, 0) is 42.7 Å². The van der Waals surface area contributed by atoms with Gasteiger partial charge in [0.1, 0.15) is 5.82 Å². The van der Waals surface area contributed by atoms with Gasteiger partial charge in [-0.25, -0.2) is 4.39 Å². The molecule has 2 unspecified atom stereocenters. The summed E-state index contributed by atoms with van der Waals surface area (Å²) in [5.41, 5.74) is 9.67. The zero-order valence-corrected chi connectivity index (χ0v) is 11.8. The lowest BCUT2D eigenvalue weighted by atomic mass is 9.87. The van der Waals surface area contributed by atoms with Crippen LogP contribution >= 0.6 is 0 Å². The number of hydrogen-bond donors (Lipinski definition) is 2. The number of halogens is 1. The Labute approximate surface area is 119 Å². The monoisotopic (exact) mass is 273 g/mol. The minimum atomic E-state index is -0.689. The Bertz CT molecular complexity index is 580. The second-order valence-electron chi connectivity index (χ2n) is 5.20. The van der Waals surface area contributed by atoms with Gasteiger partial charge < -0.3 is 10.8 Å². The Balaban J connectivity index is 2.35. The van der Waals surface area contributed by atoms with Crippen LogP contribution < -0.4 is 5.73 Å². The summed E-state index contributed by atoms with van der Waals surface area (Å²) in [6.07, 6.45) is -0.689. The van der Waals surface area contributed by atoms with Gasteiger partial charge in [-0.15, -0.1) is 0 Å². The van der Waals surface area contributed by atoms with Gasteiger partial charge >= 0.3 is 0 Å². The minimum absolute atomic E-state index is 0.240. The molecule has 2 nitrogen and oxygen atoms in total. The first-order chi connectivity index (χ1) is 9.52. The fourth-order valence-corrected chi connectivity index (χ4v) is 2.45. The summed E-state index contributed by atoms with van der Waals surface area (Å²) in [7, 11) is 0. The van der Waals surface area contributed by atoms with E-state index in [1.54, 1.807) is 12.1 Å².